The summed E-state index contributed by atoms with van der Waals surface area (Å²) in [4.78, 5) is 11.0. The Kier molecular flexibility index (Phi) is 9.77. The van der Waals surface area contributed by atoms with Gasteiger partial charge in [0, 0.05) is 12.4 Å². The fourth-order valence-electron chi connectivity index (χ4n) is 1.02. The van der Waals surface area contributed by atoms with Gasteiger partial charge in [-0.2, -0.15) is 11.8 Å². The van der Waals surface area contributed by atoms with Crippen LogP contribution in [-0.2, 0) is 14.3 Å². The summed E-state index contributed by atoms with van der Waals surface area (Å²) in [6.07, 6.45) is 0.654. The topological polar surface area (TPSA) is 61.5 Å². The third-order valence-electron chi connectivity index (χ3n) is 1.90. The molecule has 0 radical (unpaired) electrons. The number of hydrogen-bond donors (Lipinski definition) is 1. The molecule has 0 fully saturated rings. The van der Waals surface area contributed by atoms with Crippen LogP contribution in [-0.4, -0.2) is 43.8 Å². The molecule has 0 heterocycles. The van der Waals surface area contributed by atoms with Crippen LogP contribution < -0.4 is 5.73 Å². The zero-order chi connectivity index (χ0) is 12.4. The highest BCUT2D eigenvalue weighted by molar-refractivity contribution is 7.99. The van der Waals surface area contributed by atoms with Crippen LogP contribution in [0.2, 0.25) is 0 Å². The molecule has 16 heavy (non-hydrogen) atoms. The molecule has 0 aliphatic heterocycles. The fraction of sp³-hybridized carbons (Fsp3) is 0.909. The highest BCUT2D eigenvalue weighted by Crippen LogP contribution is 2.05. The van der Waals surface area contributed by atoms with Crippen molar-refractivity contribution in [3.8, 4) is 0 Å². The summed E-state index contributed by atoms with van der Waals surface area (Å²) in [6.45, 7) is 5.82. The minimum absolute atomic E-state index is 0.336. The summed E-state index contributed by atoms with van der Waals surface area (Å²) in [7, 11) is 1.36. The molecule has 1 unspecified atom stereocenters. The van der Waals surface area contributed by atoms with Gasteiger partial charge in [0.25, 0.3) is 0 Å². The van der Waals surface area contributed by atoms with Crippen LogP contribution in [0.5, 0.6) is 0 Å². The molecular formula is C11H23NO3S. The van der Waals surface area contributed by atoms with Crippen molar-refractivity contribution in [2.45, 2.75) is 26.3 Å². The van der Waals surface area contributed by atoms with Gasteiger partial charge in [0.15, 0.2) is 0 Å². The molecule has 0 aliphatic rings. The van der Waals surface area contributed by atoms with Gasteiger partial charge in [-0.3, -0.25) is 4.79 Å². The molecule has 0 aromatic rings. The second-order valence-electron chi connectivity index (χ2n) is 4.00. The predicted molar refractivity (Wildman–Crippen MR) is 67.6 cm³/mol. The number of esters is 1. The van der Waals surface area contributed by atoms with Gasteiger partial charge in [-0.05, 0) is 18.1 Å². The van der Waals surface area contributed by atoms with Gasteiger partial charge in [0.1, 0.15) is 6.04 Å². The van der Waals surface area contributed by atoms with E-state index in [1.54, 1.807) is 11.8 Å². The molecule has 2 N–H and O–H groups in total. The molecular weight excluding hydrogens is 226 g/mol. The maximum absolute atomic E-state index is 11.0. The summed E-state index contributed by atoms with van der Waals surface area (Å²) in [6, 6.07) is -0.492. The molecule has 0 saturated heterocycles. The lowest BCUT2D eigenvalue weighted by Gasteiger charge is -2.09. The van der Waals surface area contributed by atoms with Gasteiger partial charge in [0.05, 0.1) is 13.7 Å². The lowest BCUT2D eigenvalue weighted by molar-refractivity contribution is -0.142. The quantitative estimate of drug-likeness (QED) is 0.493. The first-order chi connectivity index (χ1) is 7.57. The standard InChI is InChI=1S/C11H23NO3S/c1-9(2)8-15-5-7-16-6-4-10(12)11(13)14-3/h9-10H,4-8,12H2,1-3H3. The van der Waals surface area contributed by atoms with E-state index in [-0.39, 0.29) is 5.97 Å². The van der Waals surface area contributed by atoms with Gasteiger partial charge in [-0.25, -0.2) is 0 Å². The lowest BCUT2D eigenvalue weighted by Crippen LogP contribution is -2.32. The van der Waals surface area contributed by atoms with E-state index in [0.717, 1.165) is 24.7 Å². The third-order valence-corrected chi connectivity index (χ3v) is 2.88. The van der Waals surface area contributed by atoms with E-state index in [2.05, 4.69) is 18.6 Å². The number of carbonyl (C=O) groups excluding carboxylic acids is 1. The molecule has 0 spiro atoms. The van der Waals surface area contributed by atoms with Gasteiger partial charge < -0.3 is 15.2 Å². The molecule has 5 heteroatoms. The van der Waals surface area contributed by atoms with Crippen LogP contribution in [0.1, 0.15) is 20.3 Å². The van der Waals surface area contributed by atoms with E-state index < -0.39 is 6.04 Å². The van der Waals surface area contributed by atoms with Crippen LogP contribution in [0, 0.1) is 5.92 Å². The number of rotatable bonds is 9. The number of nitrogens with two attached hydrogens (primary N) is 1. The summed E-state index contributed by atoms with van der Waals surface area (Å²) >= 11 is 1.75. The van der Waals surface area contributed by atoms with Crippen molar-refractivity contribution in [3.63, 3.8) is 0 Å². The number of carbonyl (C=O) groups is 1. The molecule has 0 aliphatic carbocycles. The molecule has 96 valence electrons. The first-order valence-electron chi connectivity index (χ1n) is 5.56. The minimum Gasteiger partial charge on any atom is -0.468 e. The van der Waals surface area contributed by atoms with Crippen molar-refractivity contribution in [2.24, 2.45) is 11.7 Å². The van der Waals surface area contributed by atoms with Gasteiger partial charge in [0.2, 0.25) is 0 Å². The van der Waals surface area contributed by atoms with E-state index in [9.17, 15) is 4.79 Å². The molecule has 0 bridgehead atoms. The summed E-state index contributed by atoms with van der Waals surface area (Å²) < 4.78 is 9.96. The monoisotopic (exact) mass is 249 g/mol. The van der Waals surface area contributed by atoms with Crippen LogP contribution in [0.4, 0.5) is 0 Å². The minimum atomic E-state index is -0.492. The third kappa shape index (κ3) is 9.00. The summed E-state index contributed by atoms with van der Waals surface area (Å²) in [5.41, 5.74) is 5.59. The van der Waals surface area contributed by atoms with Crippen LogP contribution in [0.15, 0.2) is 0 Å². The lowest BCUT2D eigenvalue weighted by atomic mass is 10.2. The molecule has 0 aromatic carbocycles. The molecule has 1 atom stereocenters. The Bertz CT molecular complexity index is 188. The average molecular weight is 249 g/mol. The molecule has 0 rings (SSSR count). The first-order valence-corrected chi connectivity index (χ1v) is 6.72. The second kappa shape index (κ2) is 9.93. The number of ether oxygens (including phenoxy) is 2. The zero-order valence-corrected chi connectivity index (χ0v) is 11.2. The number of hydrogen-bond acceptors (Lipinski definition) is 5. The van der Waals surface area contributed by atoms with Crippen molar-refractivity contribution >= 4 is 17.7 Å². The molecule has 4 nitrogen and oxygen atoms in total. The van der Waals surface area contributed by atoms with Crippen molar-refractivity contribution in [3.05, 3.63) is 0 Å². The Morgan fingerprint density at radius 2 is 2.06 bits per heavy atom. The predicted octanol–water partition coefficient (Wildman–Crippen LogP) is 1.28. The Balaban J connectivity index is 3.24. The van der Waals surface area contributed by atoms with E-state index in [1.165, 1.54) is 7.11 Å². The average Bonchev–Trinajstić information content (AvgIpc) is 2.25. The normalized spacial score (nSPS) is 12.8. The Labute approximate surface area is 102 Å². The van der Waals surface area contributed by atoms with E-state index in [4.69, 9.17) is 10.5 Å². The molecule has 0 saturated carbocycles. The summed E-state index contributed by atoms with van der Waals surface area (Å²) in [5.74, 6) is 2.05. The number of methoxy groups -OCH3 is 1. The van der Waals surface area contributed by atoms with Crippen molar-refractivity contribution < 1.29 is 14.3 Å². The van der Waals surface area contributed by atoms with Gasteiger partial charge >= 0.3 is 5.97 Å². The SMILES string of the molecule is COC(=O)C(N)CCSCCOCC(C)C. The zero-order valence-electron chi connectivity index (χ0n) is 10.4. The highest BCUT2D eigenvalue weighted by atomic mass is 32.2. The maximum atomic E-state index is 11.0. The van der Waals surface area contributed by atoms with Crippen molar-refractivity contribution in [1.29, 1.82) is 0 Å². The Morgan fingerprint density at radius 3 is 2.62 bits per heavy atom. The Morgan fingerprint density at radius 1 is 1.38 bits per heavy atom. The van der Waals surface area contributed by atoms with Crippen molar-refractivity contribution in [1.82, 2.24) is 0 Å². The van der Waals surface area contributed by atoms with Gasteiger partial charge in [-0.15, -0.1) is 0 Å². The van der Waals surface area contributed by atoms with Crippen LogP contribution in [0.25, 0.3) is 0 Å². The van der Waals surface area contributed by atoms with Crippen LogP contribution >= 0.6 is 11.8 Å². The largest absolute Gasteiger partial charge is 0.468 e. The number of thioether (sulfide) groups is 1. The Hall–Kier alpha value is -0.260. The van der Waals surface area contributed by atoms with E-state index in [1.807, 2.05) is 0 Å². The van der Waals surface area contributed by atoms with Crippen LogP contribution in [0.3, 0.4) is 0 Å². The fourth-order valence-corrected chi connectivity index (χ4v) is 1.88. The van der Waals surface area contributed by atoms with Crippen molar-refractivity contribution in [2.75, 3.05) is 31.8 Å². The molecule has 0 amide bonds. The maximum Gasteiger partial charge on any atom is 0.322 e. The first kappa shape index (κ1) is 15.7. The smallest absolute Gasteiger partial charge is 0.322 e. The van der Waals surface area contributed by atoms with Gasteiger partial charge in [-0.1, -0.05) is 13.8 Å². The summed E-state index contributed by atoms with van der Waals surface area (Å²) in [5, 5.41) is 0. The highest BCUT2D eigenvalue weighted by Gasteiger charge is 2.12. The van der Waals surface area contributed by atoms with E-state index in [0.29, 0.717) is 12.3 Å². The molecule has 0 aromatic heterocycles. The van der Waals surface area contributed by atoms with E-state index >= 15 is 0 Å². The second-order valence-corrected chi connectivity index (χ2v) is 5.22.